The van der Waals surface area contributed by atoms with E-state index in [2.05, 4.69) is 25.4 Å². The Bertz CT molecular complexity index is 873. The van der Waals surface area contributed by atoms with Crippen molar-refractivity contribution in [2.75, 3.05) is 11.8 Å². The molecule has 0 fully saturated rings. The quantitative estimate of drug-likeness (QED) is 0.760. The molecule has 0 amide bonds. The van der Waals surface area contributed by atoms with Crippen molar-refractivity contribution in [1.82, 2.24) is 0 Å². The molecule has 0 aliphatic rings. The van der Waals surface area contributed by atoms with Gasteiger partial charge in [-0.15, -0.1) is 0 Å². The first-order chi connectivity index (χ1) is 10.7. The van der Waals surface area contributed by atoms with Crippen molar-refractivity contribution in [3.63, 3.8) is 0 Å². The predicted octanol–water partition coefficient (Wildman–Crippen LogP) is 3.83. The minimum Gasteiger partial charge on any atom is -0.465 e. The molecule has 5 nitrogen and oxygen atoms in total. The number of halogens is 3. The summed E-state index contributed by atoms with van der Waals surface area (Å²) in [6.45, 7) is 0. The molecule has 0 aliphatic heterocycles. The lowest BCUT2D eigenvalue weighted by Crippen LogP contribution is -2.15. The van der Waals surface area contributed by atoms with Gasteiger partial charge >= 0.3 is 5.97 Å². The largest absolute Gasteiger partial charge is 0.465 e. The van der Waals surface area contributed by atoms with Crippen molar-refractivity contribution in [2.45, 2.75) is 4.90 Å². The van der Waals surface area contributed by atoms with Crippen LogP contribution in [-0.4, -0.2) is 21.5 Å². The average molecular weight is 423 g/mol. The summed E-state index contributed by atoms with van der Waals surface area (Å²) in [6, 6.07) is 7.48. The first kappa shape index (κ1) is 17.7. The molecule has 2 aromatic rings. The zero-order valence-electron chi connectivity index (χ0n) is 11.6. The fraction of sp³-hybridized carbons (Fsp3) is 0.0714. The number of hydrogen-bond acceptors (Lipinski definition) is 4. The number of esters is 1. The van der Waals surface area contributed by atoms with Crippen LogP contribution in [0.1, 0.15) is 10.4 Å². The number of ether oxygens (including phenoxy) is 1. The topological polar surface area (TPSA) is 72.5 Å². The lowest BCUT2D eigenvalue weighted by molar-refractivity contribution is 0.0600. The number of hydrogen-bond donors (Lipinski definition) is 1. The van der Waals surface area contributed by atoms with Crippen LogP contribution in [0.5, 0.6) is 0 Å². The van der Waals surface area contributed by atoms with Crippen LogP contribution >= 0.6 is 27.5 Å². The minimum atomic E-state index is -4.07. The van der Waals surface area contributed by atoms with Gasteiger partial charge in [0.2, 0.25) is 0 Å². The molecule has 0 saturated carbocycles. The predicted molar refractivity (Wildman–Crippen MR) is 87.7 cm³/mol. The Kier molecular flexibility index (Phi) is 5.28. The summed E-state index contributed by atoms with van der Waals surface area (Å²) in [7, 11) is -2.90. The van der Waals surface area contributed by atoms with Crippen LogP contribution in [0.25, 0.3) is 0 Å². The fourth-order valence-electron chi connectivity index (χ4n) is 1.73. The molecule has 0 heterocycles. The highest BCUT2D eigenvalue weighted by Gasteiger charge is 2.20. The maximum absolute atomic E-state index is 14.0. The van der Waals surface area contributed by atoms with E-state index in [1.807, 2.05) is 0 Å². The smallest absolute Gasteiger partial charge is 0.337 e. The van der Waals surface area contributed by atoms with E-state index < -0.39 is 21.8 Å². The molecule has 0 atom stereocenters. The van der Waals surface area contributed by atoms with Gasteiger partial charge in [-0.1, -0.05) is 11.6 Å². The maximum atomic E-state index is 14.0. The highest BCUT2D eigenvalue weighted by Crippen LogP contribution is 2.28. The molecule has 122 valence electrons. The summed E-state index contributed by atoms with van der Waals surface area (Å²) in [5.41, 5.74) is -0.332. The normalized spacial score (nSPS) is 11.1. The minimum absolute atomic E-state index is 0.0307. The second kappa shape index (κ2) is 6.86. The third-order valence-corrected chi connectivity index (χ3v) is 5.41. The molecular formula is C14H10BrClFNO4S. The summed E-state index contributed by atoms with van der Waals surface area (Å²) in [5.74, 6) is -1.63. The summed E-state index contributed by atoms with van der Waals surface area (Å²) >= 11 is 8.90. The lowest BCUT2D eigenvalue weighted by Gasteiger charge is -2.11. The number of nitrogens with one attached hydrogen (secondary N) is 1. The summed E-state index contributed by atoms with van der Waals surface area (Å²) in [6.07, 6.45) is 0. The van der Waals surface area contributed by atoms with Gasteiger partial charge in [0.1, 0.15) is 10.7 Å². The van der Waals surface area contributed by atoms with E-state index in [1.165, 1.54) is 24.3 Å². The average Bonchev–Trinajstić information content (AvgIpc) is 2.50. The molecule has 9 heteroatoms. The van der Waals surface area contributed by atoms with Gasteiger partial charge in [-0.2, -0.15) is 0 Å². The van der Waals surface area contributed by atoms with Crippen LogP contribution in [0.4, 0.5) is 10.1 Å². The van der Waals surface area contributed by atoms with Gasteiger partial charge in [0.15, 0.2) is 0 Å². The van der Waals surface area contributed by atoms with E-state index in [9.17, 15) is 17.6 Å². The van der Waals surface area contributed by atoms with Crippen LogP contribution in [0.2, 0.25) is 5.02 Å². The Balaban J connectivity index is 2.38. The van der Waals surface area contributed by atoms with Crippen molar-refractivity contribution in [3.05, 3.63) is 57.3 Å². The number of methoxy groups -OCH3 is 1. The van der Waals surface area contributed by atoms with Crippen LogP contribution in [-0.2, 0) is 14.8 Å². The Labute approximate surface area is 145 Å². The van der Waals surface area contributed by atoms with Crippen LogP contribution in [0.15, 0.2) is 45.8 Å². The first-order valence-corrected chi connectivity index (χ1v) is 8.76. The van der Waals surface area contributed by atoms with Gasteiger partial charge in [-0.05, 0) is 52.3 Å². The molecular weight excluding hydrogens is 413 g/mol. The van der Waals surface area contributed by atoms with Crippen molar-refractivity contribution >= 4 is 49.2 Å². The Morgan fingerprint density at radius 3 is 2.57 bits per heavy atom. The van der Waals surface area contributed by atoms with Gasteiger partial charge in [0.05, 0.1) is 18.4 Å². The van der Waals surface area contributed by atoms with Gasteiger partial charge < -0.3 is 4.74 Å². The van der Waals surface area contributed by atoms with Crippen molar-refractivity contribution in [2.24, 2.45) is 0 Å². The summed E-state index contributed by atoms with van der Waals surface area (Å²) < 4.78 is 45.5. The first-order valence-electron chi connectivity index (χ1n) is 6.10. The van der Waals surface area contributed by atoms with E-state index in [0.717, 1.165) is 19.2 Å². The summed E-state index contributed by atoms with van der Waals surface area (Å²) in [5, 5.41) is 0.218. The van der Waals surface area contributed by atoms with Gasteiger partial charge in [-0.3, -0.25) is 4.72 Å². The third-order valence-electron chi connectivity index (χ3n) is 2.82. The van der Waals surface area contributed by atoms with Crippen molar-refractivity contribution in [3.8, 4) is 0 Å². The summed E-state index contributed by atoms with van der Waals surface area (Å²) in [4.78, 5) is 11.2. The Hall–Kier alpha value is -1.64. The number of anilines is 1. The van der Waals surface area contributed by atoms with Crippen LogP contribution in [0, 0.1) is 5.82 Å². The van der Waals surface area contributed by atoms with E-state index in [-0.39, 0.29) is 25.6 Å². The second-order valence-corrected chi connectivity index (χ2v) is 7.31. The molecule has 2 aromatic carbocycles. The molecule has 0 aromatic heterocycles. The van der Waals surface area contributed by atoms with Gasteiger partial charge in [-0.25, -0.2) is 17.6 Å². The molecule has 0 saturated heterocycles. The van der Waals surface area contributed by atoms with Crippen molar-refractivity contribution < 1.29 is 22.3 Å². The van der Waals surface area contributed by atoms with Gasteiger partial charge in [0, 0.05) is 9.50 Å². The Morgan fingerprint density at radius 2 is 1.96 bits per heavy atom. The molecule has 0 bridgehead atoms. The fourth-order valence-corrected chi connectivity index (χ4v) is 4.02. The van der Waals surface area contributed by atoms with E-state index >= 15 is 0 Å². The Morgan fingerprint density at radius 1 is 1.26 bits per heavy atom. The SMILES string of the molecule is COC(=O)c1ccc(NS(=O)(=O)c2cc(Cl)ccc2Br)c(F)c1. The van der Waals surface area contributed by atoms with E-state index in [0.29, 0.717) is 0 Å². The number of benzene rings is 2. The third kappa shape index (κ3) is 4.01. The molecule has 1 N–H and O–H groups in total. The molecule has 0 radical (unpaired) electrons. The zero-order valence-corrected chi connectivity index (χ0v) is 14.8. The highest BCUT2D eigenvalue weighted by molar-refractivity contribution is 9.10. The zero-order chi connectivity index (χ0) is 17.2. The maximum Gasteiger partial charge on any atom is 0.337 e. The second-order valence-electron chi connectivity index (χ2n) is 4.37. The van der Waals surface area contributed by atoms with Crippen LogP contribution in [0.3, 0.4) is 0 Å². The molecule has 0 spiro atoms. The van der Waals surface area contributed by atoms with E-state index in [4.69, 9.17) is 11.6 Å². The monoisotopic (exact) mass is 421 g/mol. The molecule has 0 aliphatic carbocycles. The van der Waals surface area contributed by atoms with Crippen molar-refractivity contribution in [1.29, 1.82) is 0 Å². The highest BCUT2D eigenvalue weighted by atomic mass is 79.9. The molecule has 23 heavy (non-hydrogen) atoms. The van der Waals surface area contributed by atoms with E-state index in [1.54, 1.807) is 0 Å². The number of carbonyl (C=O) groups is 1. The number of rotatable bonds is 4. The number of sulfonamides is 1. The lowest BCUT2D eigenvalue weighted by atomic mass is 10.2. The molecule has 2 rings (SSSR count). The standard InChI is InChI=1S/C14H10BrClFNO4S/c1-22-14(19)8-2-5-12(11(17)6-8)18-23(20,21)13-7-9(16)3-4-10(13)15/h2-7,18H,1H3. The number of carbonyl (C=O) groups excluding carboxylic acids is 1. The molecule has 0 unspecified atom stereocenters. The van der Waals surface area contributed by atoms with Crippen LogP contribution < -0.4 is 4.72 Å². The van der Waals surface area contributed by atoms with Gasteiger partial charge in [0.25, 0.3) is 10.0 Å².